The van der Waals surface area contributed by atoms with Crippen molar-refractivity contribution >= 4 is 23.4 Å². The lowest BCUT2D eigenvalue weighted by Crippen LogP contribution is -2.48. The Morgan fingerprint density at radius 1 is 1.21 bits per heavy atom. The predicted molar refractivity (Wildman–Crippen MR) is 106 cm³/mol. The van der Waals surface area contributed by atoms with Gasteiger partial charge in [-0.1, -0.05) is 24.3 Å². The van der Waals surface area contributed by atoms with Crippen LogP contribution in [0.1, 0.15) is 34.3 Å². The van der Waals surface area contributed by atoms with Gasteiger partial charge in [-0.3, -0.25) is 14.4 Å². The normalized spacial score (nSPS) is 18.3. The average Bonchev–Trinajstić information content (AvgIpc) is 3.18. The van der Waals surface area contributed by atoms with Crippen LogP contribution in [0.25, 0.3) is 0 Å². The molecule has 0 aliphatic carbocycles. The van der Waals surface area contributed by atoms with E-state index in [9.17, 15) is 18.8 Å². The second-order valence-corrected chi connectivity index (χ2v) is 7.45. The molecule has 2 aliphatic rings. The average molecular weight is 395 g/mol. The van der Waals surface area contributed by atoms with Crippen LogP contribution in [0.15, 0.2) is 42.5 Å². The zero-order valence-electron chi connectivity index (χ0n) is 16.2. The summed E-state index contributed by atoms with van der Waals surface area (Å²) in [7, 11) is 0. The van der Waals surface area contributed by atoms with Gasteiger partial charge in [0.05, 0.1) is 11.3 Å². The topological polar surface area (TPSA) is 69.7 Å². The maximum Gasteiger partial charge on any atom is 0.256 e. The van der Waals surface area contributed by atoms with Crippen molar-refractivity contribution in [1.29, 1.82) is 0 Å². The van der Waals surface area contributed by atoms with Crippen LogP contribution in [0, 0.1) is 12.7 Å². The highest BCUT2D eigenvalue weighted by Crippen LogP contribution is 2.32. The zero-order valence-corrected chi connectivity index (χ0v) is 16.2. The van der Waals surface area contributed by atoms with E-state index in [2.05, 4.69) is 5.32 Å². The first-order valence-electron chi connectivity index (χ1n) is 9.69. The van der Waals surface area contributed by atoms with Gasteiger partial charge in [0.1, 0.15) is 18.4 Å². The summed E-state index contributed by atoms with van der Waals surface area (Å²) in [4.78, 5) is 41.4. The van der Waals surface area contributed by atoms with Crippen LogP contribution in [0.2, 0.25) is 0 Å². The molecule has 0 saturated carbocycles. The molecule has 2 heterocycles. The largest absolute Gasteiger partial charge is 0.350 e. The molecule has 0 aromatic heterocycles. The highest BCUT2D eigenvalue weighted by Gasteiger charge is 2.42. The van der Waals surface area contributed by atoms with Gasteiger partial charge in [0, 0.05) is 13.1 Å². The molecule has 2 aromatic rings. The minimum absolute atomic E-state index is 0.153. The second kappa shape index (κ2) is 7.66. The van der Waals surface area contributed by atoms with Crippen LogP contribution in [-0.2, 0) is 16.1 Å². The maximum absolute atomic E-state index is 13.9. The molecule has 2 aliphatic heterocycles. The van der Waals surface area contributed by atoms with Crippen molar-refractivity contribution < 1.29 is 18.8 Å². The molecule has 2 aromatic carbocycles. The first-order chi connectivity index (χ1) is 14.0. The van der Waals surface area contributed by atoms with Crippen LogP contribution >= 0.6 is 0 Å². The third-order valence-corrected chi connectivity index (χ3v) is 5.58. The maximum atomic E-state index is 13.9. The first kappa shape index (κ1) is 19.1. The molecule has 3 amide bonds. The molecule has 1 fully saturated rings. The van der Waals surface area contributed by atoms with E-state index >= 15 is 0 Å². The van der Waals surface area contributed by atoms with Crippen molar-refractivity contribution in [3.63, 3.8) is 0 Å². The summed E-state index contributed by atoms with van der Waals surface area (Å²) in [5.74, 6) is -1.56. The number of fused-ring (bicyclic) bond motifs is 2. The van der Waals surface area contributed by atoms with Crippen LogP contribution in [0.3, 0.4) is 0 Å². The first-order valence-corrected chi connectivity index (χ1v) is 9.69. The molecular formula is C22H22FN3O3. The number of hydrogen-bond acceptors (Lipinski definition) is 3. The van der Waals surface area contributed by atoms with E-state index < -0.39 is 11.9 Å². The number of amides is 3. The summed E-state index contributed by atoms with van der Waals surface area (Å²) >= 11 is 0. The number of rotatable bonds is 4. The van der Waals surface area contributed by atoms with E-state index in [1.54, 1.807) is 0 Å². The Balaban J connectivity index is 1.59. The molecule has 0 radical (unpaired) electrons. The Kier molecular flexibility index (Phi) is 5.05. The Hall–Kier alpha value is -3.22. The standard InChI is InChI=1S/C22H22FN3O3/c1-14-5-2-3-6-15(14)12-24-20(27)13-26-19-11-16(23)8-9-17(19)21(28)25-10-4-7-18(25)22(26)29/h2-3,5-6,8-9,11,18H,4,7,10,12-13H2,1H3,(H,24,27). The van der Waals surface area contributed by atoms with Crippen LogP contribution in [0.4, 0.5) is 10.1 Å². The fraction of sp³-hybridized carbons (Fsp3) is 0.318. The summed E-state index contributed by atoms with van der Waals surface area (Å²) in [5.41, 5.74) is 2.43. The Labute approximate surface area is 168 Å². The second-order valence-electron chi connectivity index (χ2n) is 7.45. The third kappa shape index (κ3) is 3.60. The third-order valence-electron chi connectivity index (χ3n) is 5.58. The van der Waals surface area contributed by atoms with Crippen LogP contribution in [0.5, 0.6) is 0 Å². The van der Waals surface area contributed by atoms with Crippen molar-refractivity contribution in [2.75, 3.05) is 18.0 Å². The van der Waals surface area contributed by atoms with Crippen molar-refractivity contribution in [3.8, 4) is 0 Å². The lowest BCUT2D eigenvalue weighted by Gasteiger charge is -2.25. The quantitative estimate of drug-likeness (QED) is 0.864. The molecule has 4 rings (SSSR count). The molecular weight excluding hydrogens is 373 g/mol. The minimum atomic E-state index is -0.609. The van der Waals surface area contributed by atoms with Gasteiger partial charge in [-0.2, -0.15) is 0 Å². The monoisotopic (exact) mass is 395 g/mol. The highest BCUT2D eigenvalue weighted by molar-refractivity contribution is 6.12. The fourth-order valence-electron chi connectivity index (χ4n) is 3.99. The van der Waals surface area contributed by atoms with Crippen LogP contribution < -0.4 is 10.2 Å². The lowest BCUT2D eigenvalue weighted by atomic mass is 10.1. The van der Waals surface area contributed by atoms with E-state index in [1.165, 1.54) is 21.9 Å². The number of hydrogen-bond donors (Lipinski definition) is 1. The van der Waals surface area contributed by atoms with Gasteiger partial charge in [0.15, 0.2) is 0 Å². The van der Waals surface area contributed by atoms with Crippen molar-refractivity contribution in [3.05, 3.63) is 65.0 Å². The van der Waals surface area contributed by atoms with Gasteiger partial charge in [0.2, 0.25) is 11.8 Å². The van der Waals surface area contributed by atoms with Gasteiger partial charge < -0.3 is 15.1 Å². The zero-order chi connectivity index (χ0) is 20.5. The van der Waals surface area contributed by atoms with E-state index in [1.807, 2.05) is 31.2 Å². The van der Waals surface area contributed by atoms with E-state index in [4.69, 9.17) is 0 Å². The summed E-state index contributed by atoms with van der Waals surface area (Å²) in [6.45, 7) is 2.51. The van der Waals surface area contributed by atoms with Gasteiger partial charge in [-0.15, -0.1) is 0 Å². The number of anilines is 1. The smallest absolute Gasteiger partial charge is 0.256 e. The van der Waals surface area contributed by atoms with Crippen molar-refractivity contribution in [2.24, 2.45) is 0 Å². The molecule has 150 valence electrons. The summed E-state index contributed by atoms with van der Waals surface area (Å²) in [6, 6.07) is 10.8. The molecule has 1 N–H and O–H groups in total. The Bertz CT molecular complexity index is 991. The van der Waals surface area contributed by atoms with Gasteiger partial charge >= 0.3 is 0 Å². The van der Waals surface area contributed by atoms with E-state index in [-0.39, 0.29) is 35.5 Å². The van der Waals surface area contributed by atoms with E-state index in [0.717, 1.165) is 23.6 Å². The van der Waals surface area contributed by atoms with Crippen LogP contribution in [-0.4, -0.2) is 41.8 Å². The number of halogens is 1. The van der Waals surface area contributed by atoms with Crippen molar-refractivity contribution in [2.45, 2.75) is 32.4 Å². The summed E-state index contributed by atoms with van der Waals surface area (Å²) < 4.78 is 13.9. The minimum Gasteiger partial charge on any atom is -0.350 e. The Morgan fingerprint density at radius 2 is 2.00 bits per heavy atom. The number of carbonyl (C=O) groups excluding carboxylic acids is 3. The molecule has 7 heteroatoms. The highest BCUT2D eigenvalue weighted by atomic mass is 19.1. The Morgan fingerprint density at radius 3 is 2.79 bits per heavy atom. The number of aryl methyl sites for hydroxylation is 1. The fourth-order valence-corrected chi connectivity index (χ4v) is 3.99. The molecule has 1 unspecified atom stereocenters. The SMILES string of the molecule is Cc1ccccc1CNC(=O)CN1C(=O)C2CCCN2C(=O)c2ccc(F)cc21. The number of benzene rings is 2. The van der Waals surface area contributed by atoms with Gasteiger partial charge in [0.25, 0.3) is 5.91 Å². The molecule has 6 nitrogen and oxygen atoms in total. The summed E-state index contributed by atoms with van der Waals surface area (Å²) in [6.07, 6.45) is 1.27. The number of nitrogens with zero attached hydrogens (tertiary/aromatic N) is 2. The lowest BCUT2D eigenvalue weighted by molar-refractivity contribution is -0.125. The summed E-state index contributed by atoms with van der Waals surface area (Å²) in [5, 5.41) is 2.82. The van der Waals surface area contributed by atoms with Gasteiger partial charge in [-0.25, -0.2) is 4.39 Å². The molecule has 0 bridgehead atoms. The molecule has 0 spiro atoms. The number of carbonyl (C=O) groups is 3. The predicted octanol–water partition coefficient (Wildman–Crippen LogP) is 2.40. The molecule has 1 atom stereocenters. The number of nitrogens with one attached hydrogen (secondary N) is 1. The van der Waals surface area contributed by atoms with Gasteiger partial charge in [-0.05, 0) is 49.1 Å². The van der Waals surface area contributed by atoms with E-state index in [0.29, 0.717) is 19.5 Å². The molecule has 29 heavy (non-hydrogen) atoms. The van der Waals surface area contributed by atoms with Crippen molar-refractivity contribution in [1.82, 2.24) is 10.2 Å². The molecule has 1 saturated heterocycles.